The second kappa shape index (κ2) is 4.46. The molecule has 1 aliphatic rings. The van der Waals surface area contributed by atoms with E-state index in [2.05, 4.69) is 15.2 Å². The highest BCUT2D eigenvalue weighted by atomic mass is 35.5. The molecule has 5 heteroatoms. The molecule has 0 unspecified atom stereocenters. The van der Waals surface area contributed by atoms with Gasteiger partial charge in [0.1, 0.15) is 0 Å². The number of carbonyl (C=O) groups is 1. The van der Waals surface area contributed by atoms with Gasteiger partial charge >= 0.3 is 0 Å². The van der Waals surface area contributed by atoms with Gasteiger partial charge in [0.25, 0.3) is 0 Å². The SMILES string of the molecule is O=C1CN(c2ccnc3cc(Cl)ccc23)CCN1. The molecule has 18 heavy (non-hydrogen) atoms. The van der Waals surface area contributed by atoms with Crippen LogP contribution < -0.4 is 10.2 Å². The summed E-state index contributed by atoms with van der Waals surface area (Å²) in [6.07, 6.45) is 1.75. The monoisotopic (exact) mass is 261 g/mol. The van der Waals surface area contributed by atoms with E-state index in [0.29, 0.717) is 18.1 Å². The smallest absolute Gasteiger partial charge is 0.239 e. The summed E-state index contributed by atoms with van der Waals surface area (Å²) in [5.74, 6) is 0.0557. The summed E-state index contributed by atoms with van der Waals surface area (Å²) >= 11 is 5.96. The quantitative estimate of drug-likeness (QED) is 0.852. The molecule has 0 bridgehead atoms. The van der Waals surface area contributed by atoms with Gasteiger partial charge in [-0.3, -0.25) is 9.78 Å². The first-order valence-corrected chi connectivity index (χ1v) is 6.18. The highest BCUT2D eigenvalue weighted by Crippen LogP contribution is 2.27. The number of fused-ring (bicyclic) bond motifs is 1. The largest absolute Gasteiger partial charge is 0.360 e. The van der Waals surface area contributed by atoms with Crippen LogP contribution in [0.1, 0.15) is 0 Å². The number of carbonyl (C=O) groups excluding carboxylic acids is 1. The zero-order valence-corrected chi connectivity index (χ0v) is 10.4. The van der Waals surface area contributed by atoms with Gasteiger partial charge in [-0.25, -0.2) is 0 Å². The fourth-order valence-corrected chi connectivity index (χ4v) is 2.39. The third-order valence-corrected chi connectivity index (χ3v) is 3.30. The Bertz CT molecular complexity index is 614. The average Bonchev–Trinajstić information content (AvgIpc) is 2.37. The predicted octanol–water partition coefficient (Wildman–Crippen LogP) is 1.82. The molecular formula is C13H12ClN3O. The number of anilines is 1. The van der Waals surface area contributed by atoms with E-state index in [9.17, 15) is 4.79 Å². The number of benzene rings is 1. The van der Waals surface area contributed by atoms with E-state index in [1.807, 2.05) is 24.3 Å². The maximum absolute atomic E-state index is 11.4. The van der Waals surface area contributed by atoms with Gasteiger partial charge in [-0.15, -0.1) is 0 Å². The maximum Gasteiger partial charge on any atom is 0.239 e. The first-order chi connectivity index (χ1) is 8.74. The van der Waals surface area contributed by atoms with Crippen molar-refractivity contribution in [1.82, 2.24) is 10.3 Å². The van der Waals surface area contributed by atoms with E-state index < -0.39 is 0 Å². The Morgan fingerprint density at radius 3 is 3.06 bits per heavy atom. The summed E-state index contributed by atoms with van der Waals surface area (Å²) in [6, 6.07) is 7.57. The van der Waals surface area contributed by atoms with Gasteiger partial charge in [-0.2, -0.15) is 0 Å². The molecule has 0 radical (unpaired) electrons. The Kier molecular flexibility index (Phi) is 2.80. The number of amides is 1. The molecule has 0 atom stereocenters. The number of aromatic nitrogens is 1. The number of rotatable bonds is 1. The molecule has 0 aliphatic carbocycles. The topological polar surface area (TPSA) is 45.2 Å². The van der Waals surface area contributed by atoms with Crippen molar-refractivity contribution in [2.24, 2.45) is 0 Å². The lowest BCUT2D eigenvalue weighted by Gasteiger charge is -2.29. The van der Waals surface area contributed by atoms with Crippen molar-refractivity contribution in [2.45, 2.75) is 0 Å². The number of hydrogen-bond donors (Lipinski definition) is 1. The summed E-state index contributed by atoms with van der Waals surface area (Å²) in [5.41, 5.74) is 1.89. The van der Waals surface area contributed by atoms with Crippen molar-refractivity contribution in [3.8, 4) is 0 Å². The first-order valence-electron chi connectivity index (χ1n) is 5.80. The van der Waals surface area contributed by atoms with E-state index in [-0.39, 0.29) is 5.91 Å². The summed E-state index contributed by atoms with van der Waals surface area (Å²) in [7, 11) is 0. The van der Waals surface area contributed by atoms with Gasteiger partial charge in [-0.1, -0.05) is 11.6 Å². The van der Waals surface area contributed by atoms with Crippen LogP contribution in [-0.2, 0) is 4.79 Å². The van der Waals surface area contributed by atoms with E-state index in [0.717, 1.165) is 23.1 Å². The average molecular weight is 262 g/mol. The second-order valence-electron chi connectivity index (χ2n) is 4.26. The normalized spacial score (nSPS) is 15.8. The summed E-state index contributed by atoms with van der Waals surface area (Å²) in [4.78, 5) is 17.8. The molecule has 4 nitrogen and oxygen atoms in total. The standard InChI is InChI=1S/C13H12ClN3O/c14-9-1-2-10-11(7-9)15-4-3-12(10)17-6-5-16-13(18)8-17/h1-4,7H,5-6,8H2,(H,16,18). The number of nitrogens with one attached hydrogen (secondary N) is 1. The Hall–Kier alpha value is -1.81. The molecule has 3 rings (SSSR count). The van der Waals surface area contributed by atoms with Crippen molar-refractivity contribution < 1.29 is 4.79 Å². The molecule has 1 amide bonds. The molecule has 1 N–H and O–H groups in total. The summed E-state index contributed by atoms with van der Waals surface area (Å²) in [5, 5.41) is 4.52. The minimum absolute atomic E-state index is 0.0557. The second-order valence-corrected chi connectivity index (χ2v) is 4.70. The first kappa shape index (κ1) is 11.3. The van der Waals surface area contributed by atoms with Crippen LogP contribution in [0.25, 0.3) is 10.9 Å². The van der Waals surface area contributed by atoms with Gasteiger partial charge in [0.05, 0.1) is 12.1 Å². The zero-order chi connectivity index (χ0) is 12.5. The maximum atomic E-state index is 11.4. The number of halogens is 1. The Balaban J connectivity index is 2.08. The van der Waals surface area contributed by atoms with Crippen molar-refractivity contribution in [3.05, 3.63) is 35.5 Å². The van der Waals surface area contributed by atoms with Crippen LogP contribution in [0, 0.1) is 0 Å². The highest BCUT2D eigenvalue weighted by Gasteiger charge is 2.18. The molecule has 1 fully saturated rings. The molecule has 92 valence electrons. The van der Waals surface area contributed by atoms with Gasteiger partial charge in [-0.05, 0) is 24.3 Å². The molecule has 1 aromatic carbocycles. The highest BCUT2D eigenvalue weighted by molar-refractivity contribution is 6.31. The van der Waals surface area contributed by atoms with Gasteiger partial charge in [0.15, 0.2) is 0 Å². The fraction of sp³-hybridized carbons (Fsp3) is 0.231. The van der Waals surface area contributed by atoms with E-state index in [1.165, 1.54) is 0 Å². The Morgan fingerprint density at radius 2 is 2.22 bits per heavy atom. The molecule has 0 spiro atoms. The minimum atomic E-state index is 0.0557. The number of piperazine rings is 1. The molecule has 1 aromatic heterocycles. The predicted molar refractivity (Wildman–Crippen MR) is 72.0 cm³/mol. The number of hydrogen-bond acceptors (Lipinski definition) is 3. The number of pyridine rings is 1. The van der Waals surface area contributed by atoms with Crippen LogP contribution in [0.4, 0.5) is 5.69 Å². The lowest BCUT2D eigenvalue weighted by Crippen LogP contribution is -2.47. The van der Waals surface area contributed by atoms with Crippen LogP contribution >= 0.6 is 11.6 Å². The molecule has 2 aromatic rings. The van der Waals surface area contributed by atoms with Gasteiger partial charge in [0, 0.05) is 35.4 Å². The Labute approximate surface area is 110 Å². The van der Waals surface area contributed by atoms with Crippen molar-refractivity contribution >= 4 is 34.1 Å². The number of nitrogens with zero attached hydrogens (tertiary/aromatic N) is 2. The van der Waals surface area contributed by atoms with Crippen LogP contribution in [-0.4, -0.2) is 30.5 Å². The van der Waals surface area contributed by atoms with Crippen LogP contribution in [0.5, 0.6) is 0 Å². The van der Waals surface area contributed by atoms with Gasteiger partial charge < -0.3 is 10.2 Å². The summed E-state index contributed by atoms with van der Waals surface area (Å²) in [6.45, 7) is 1.88. The summed E-state index contributed by atoms with van der Waals surface area (Å²) < 4.78 is 0. The third-order valence-electron chi connectivity index (χ3n) is 3.06. The lowest BCUT2D eigenvalue weighted by molar-refractivity contribution is -0.120. The van der Waals surface area contributed by atoms with E-state index >= 15 is 0 Å². The van der Waals surface area contributed by atoms with Crippen LogP contribution in [0.3, 0.4) is 0 Å². The van der Waals surface area contributed by atoms with E-state index in [1.54, 1.807) is 6.20 Å². The molecule has 1 saturated heterocycles. The molecule has 0 saturated carbocycles. The molecular weight excluding hydrogens is 250 g/mol. The lowest BCUT2D eigenvalue weighted by atomic mass is 10.1. The third kappa shape index (κ3) is 1.99. The van der Waals surface area contributed by atoms with Crippen LogP contribution in [0.15, 0.2) is 30.5 Å². The van der Waals surface area contributed by atoms with Crippen molar-refractivity contribution in [1.29, 1.82) is 0 Å². The minimum Gasteiger partial charge on any atom is -0.360 e. The van der Waals surface area contributed by atoms with E-state index in [4.69, 9.17) is 11.6 Å². The van der Waals surface area contributed by atoms with Crippen molar-refractivity contribution in [3.63, 3.8) is 0 Å². The molecule has 2 heterocycles. The van der Waals surface area contributed by atoms with Gasteiger partial charge in [0.2, 0.25) is 5.91 Å². The van der Waals surface area contributed by atoms with Crippen molar-refractivity contribution in [2.75, 3.05) is 24.5 Å². The fourth-order valence-electron chi connectivity index (χ4n) is 2.23. The molecule has 1 aliphatic heterocycles. The van der Waals surface area contributed by atoms with Crippen LogP contribution in [0.2, 0.25) is 5.02 Å². The zero-order valence-electron chi connectivity index (χ0n) is 9.69. The Morgan fingerprint density at radius 1 is 1.33 bits per heavy atom.